The molecule has 2 aliphatic rings. The van der Waals surface area contributed by atoms with E-state index < -0.39 is 0 Å². The summed E-state index contributed by atoms with van der Waals surface area (Å²) in [4.78, 5) is 23.4. The first-order valence-electron chi connectivity index (χ1n) is 10.2. The van der Waals surface area contributed by atoms with E-state index in [0.29, 0.717) is 5.69 Å². The van der Waals surface area contributed by atoms with Crippen LogP contribution in [0.4, 0.5) is 5.69 Å². The van der Waals surface area contributed by atoms with Gasteiger partial charge < -0.3 is 5.32 Å². The lowest BCUT2D eigenvalue weighted by atomic mass is 9.91. The maximum absolute atomic E-state index is 12.6. The quantitative estimate of drug-likeness (QED) is 0.744. The standard InChI is InChI=1S/C22H24N6O/c29-22(21-7-6-20(13-24-21)28-15-23-14-25-28)26-18-5-4-16-8-10-27(19-2-1-3-19)11-9-17(16)12-18/h4-7,12-15,19H,1-3,8-11H2,(H,26,29). The van der Waals surface area contributed by atoms with E-state index in [1.807, 2.05) is 12.1 Å². The van der Waals surface area contributed by atoms with Crippen LogP contribution in [0.1, 0.15) is 40.9 Å². The number of nitrogens with one attached hydrogen (secondary N) is 1. The number of carbonyl (C=O) groups is 1. The van der Waals surface area contributed by atoms with E-state index in [1.165, 1.54) is 36.7 Å². The molecule has 0 atom stereocenters. The Labute approximate surface area is 169 Å². The Morgan fingerprint density at radius 2 is 1.93 bits per heavy atom. The number of hydrogen-bond acceptors (Lipinski definition) is 5. The summed E-state index contributed by atoms with van der Waals surface area (Å²) in [5.74, 6) is -0.209. The van der Waals surface area contributed by atoms with E-state index in [9.17, 15) is 4.79 Å². The van der Waals surface area contributed by atoms with Gasteiger partial charge in [-0.25, -0.2) is 14.6 Å². The van der Waals surface area contributed by atoms with Crippen molar-refractivity contribution in [3.63, 3.8) is 0 Å². The van der Waals surface area contributed by atoms with Crippen LogP contribution in [0.3, 0.4) is 0 Å². The van der Waals surface area contributed by atoms with Crippen LogP contribution in [0.5, 0.6) is 0 Å². The topological polar surface area (TPSA) is 75.9 Å². The van der Waals surface area contributed by atoms with Crippen molar-refractivity contribution in [2.45, 2.75) is 38.1 Å². The molecule has 1 fully saturated rings. The highest BCUT2D eigenvalue weighted by Gasteiger charge is 2.26. The molecule has 0 unspecified atom stereocenters. The molecule has 1 aromatic carbocycles. The van der Waals surface area contributed by atoms with E-state index >= 15 is 0 Å². The van der Waals surface area contributed by atoms with Crippen LogP contribution in [0.25, 0.3) is 5.69 Å². The van der Waals surface area contributed by atoms with Gasteiger partial charge in [0.15, 0.2) is 0 Å². The van der Waals surface area contributed by atoms with Crippen molar-refractivity contribution in [3.8, 4) is 5.69 Å². The molecule has 3 heterocycles. The third-order valence-electron chi connectivity index (χ3n) is 6.06. The van der Waals surface area contributed by atoms with Crippen molar-refractivity contribution in [2.75, 3.05) is 18.4 Å². The van der Waals surface area contributed by atoms with Gasteiger partial charge in [0, 0.05) is 24.8 Å². The first-order valence-corrected chi connectivity index (χ1v) is 10.2. The molecule has 1 aliphatic heterocycles. The molecule has 1 saturated carbocycles. The van der Waals surface area contributed by atoms with Crippen molar-refractivity contribution < 1.29 is 4.79 Å². The first kappa shape index (κ1) is 18.0. The van der Waals surface area contributed by atoms with Crippen molar-refractivity contribution in [1.82, 2.24) is 24.6 Å². The minimum absolute atomic E-state index is 0.209. The van der Waals surface area contributed by atoms with E-state index in [1.54, 1.807) is 23.3 Å². The van der Waals surface area contributed by atoms with Gasteiger partial charge in [-0.3, -0.25) is 9.69 Å². The van der Waals surface area contributed by atoms with E-state index in [4.69, 9.17) is 0 Å². The first-order chi connectivity index (χ1) is 14.3. The highest BCUT2D eigenvalue weighted by Crippen LogP contribution is 2.28. The molecule has 1 amide bonds. The molecule has 29 heavy (non-hydrogen) atoms. The molecule has 2 aromatic heterocycles. The van der Waals surface area contributed by atoms with Crippen LogP contribution >= 0.6 is 0 Å². The summed E-state index contributed by atoms with van der Waals surface area (Å²) in [5, 5.41) is 7.05. The fourth-order valence-electron chi connectivity index (χ4n) is 4.13. The molecule has 7 nitrogen and oxygen atoms in total. The number of aromatic nitrogens is 4. The Morgan fingerprint density at radius 3 is 2.62 bits per heavy atom. The van der Waals surface area contributed by atoms with Gasteiger partial charge in [0.1, 0.15) is 18.3 Å². The minimum atomic E-state index is -0.209. The number of amides is 1. The third-order valence-corrected chi connectivity index (χ3v) is 6.06. The van der Waals surface area contributed by atoms with Crippen LogP contribution in [0, 0.1) is 0 Å². The molecule has 3 aromatic rings. The lowest BCUT2D eigenvalue weighted by Gasteiger charge is -2.36. The Morgan fingerprint density at radius 1 is 1.07 bits per heavy atom. The number of nitrogens with zero attached hydrogens (tertiary/aromatic N) is 5. The molecular weight excluding hydrogens is 364 g/mol. The lowest BCUT2D eigenvalue weighted by Crippen LogP contribution is -2.41. The summed E-state index contributed by atoms with van der Waals surface area (Å²) < 4.78 is 1.61. The van der Waals surface area contributed by atoms with E-state index in [-0.39, 0.29) is 5.91 Å². The van der Waals surface area contributed by atoms with Crippen LogP contribution in [-0.2, 0) is 12.8 Å². The summed E-state index contributed by atoms with van der Waals surface area (Å²) in [6.45, 7) is 2.26. The summed E-state index contributed by atoms with van der Waals surface area (Å²) in [6, 6.07) is 10.6. The molecule has 1 N–H and O–H groups in total. The zero-order valence-corrected chi connectivity index (χ0v) is 16.3. The van der Waals surface area contributed by atoms with Crippen LogP contribution in [0.15, 0.2) is 49.2 Å². The van der Waals surface area contributed by atoms with Gasteiger partial charge >= 0.3 is 0 Å². The Kier molecular flexibility index (Phi) is 4.81. The second-order valence-electron chi connectivity index (χ2n) is 7.80. The highest BCUT2D eigenvalue weighted by molar-refractivity contribution is 6.02. The van der Waals surface area contributed by atoms with Gasteiger partial charge in [-0.1, -0.05) is 12.5 Å². The maximum atomic E-state index is 12.6. The van der Waals surface area contributed by atoms with E-state index in [2.05, 4.69) is 37.4 Å². The third kappa shape index (κ3) is 3.78. The SMILES string of the molecule is O=C(Nc1ccc2c(c1)CCN(C1CCC1)CC2)c1ccc(-n2cncn2)cn1. The lowest BCUT2D eigenvalue weighted by molar-refractivity contribution is 0.102. The number of carbonyl (C=O) groups excluding carboxylic acids is 1. The van der Waals surface area contributed by atoms with Gasteiger partial charge in [0.2, 0.25) is 0 Å². The molecule has 0 radical (unpaired) electrons. The Bertz CT molecular complexity index is 995. The monoisotopic (exact) mass is 388 g/mol. The fraction of sp³-hybridized carbons (Fsp3) is 0.364. The van der Waals surface area contributed by atoms with Gasteiger partial charge in [-0.05, 0) is 61.1 Å². The zero-order valence-electron chi connectivity index (χ0n) is 16.3. The molecule has 0 spiro atoms. The van der Waals surface area contributed by atoms with Gasteiger partial charge in [0.05, 0.1) is 11.9 Å². The van der Waals surface area contributed by atoms with Gasteiger partial charge in [-0.15, -0.1) is 0 Å². The predicted octanol–water partition coefficient (Wildman–Crippen LogP) is 2.87. The predicted molar refractivity (Wildman–Crippen MR) is 110 cm³/mol. The number of pyridine rings is 1. The minimum Gasteiger partial charge on any atom is -0.321 e. The summed E-state index contributed by atoms with van der Waals surface area (Å²) in [7, 11) is 0. The fourth-order valence-corrected chi connectivity index (χ4v) is 4.13. The number of rotatable bonds is 4. The van der Waals surface area contributed by atoms with Gasteiger partial charge in [-0.2, -0.15) is 5.10 Å². The van der Waals surface area contributed by atoms with Crippen molar-refractivity contribution in [2.24, 2.45) is 0 Å². The molecule has 7 heteroatoms. The average Bonchev–Trinajstić information content (AvgIpc) is 3.17. The van der Waals surface area contributed by atoms with Crippen molar-refractivity contribution >= 4 is 11.6 Å². The number of hydrogen-bond donors (Lipinski definition) is 1. The zero-order chi connectivity index (χ0) is 19.6. The second kappa shape index (κ2) is 7.75. The van der Waals surface area contributed by atoms with Crippen molar-refractivity contribution in [1.29, 1.82) is 0 Å². The van der Waals surface area contributed by atoms with Crippen LogP contribution < -0.4 is 5.32 Å². The molecular formula is C22H24N6O. The number of anilines is 1. The number of benzene rings is 1. The second-order valence-corrected chi connectivity index (χ2v) is 7.80. The summed E-state index contributed by atoms with van der Waals surface area (Å²) >= 11 is 0. The largest absolute Gasteiger partial charge is 0.321 e. The summed E-state index contributed by atoms with van der Waals surface area (Å²) in [5.41, 5.74) is 4.72. The maximum Gasteiger partial charge on any atom is 0.274 e. The average molecular weight is 388 g/mol. The van der Waals surface area contributed by atoms with Crippen molar-refractivity contribution in [3.05, 3.63) is 66.0 Å². The summed E-state index contributed by atoms with van der Waals surface area (Å²) in [6.07, 6.45) is 10.9. The van der Waals surface area contributed by atoms with Crippen LogP contribution in [-0.4, -0.2) is 49.7 Å². The number of fused-ring (bicyclic) bond motifs is 1. The Hall–Kier alpha value is -3.06. The molecule has 0 saturated heterocycles. The highest BCUT2D eigenvalue weighted by atomic mass is 16.1. The van der Waals surface area contributed by atoms with E-state index in [0.717, 1.165) is 43.3 Å². The normalized spacial score (nSPS) is 17.2. The van der Waals surface area contributed by atoms with Gasteiger partial charge in [0.25, 0.3) is 5.91 Å². The molecule has 1 aliphatic carbocycles. The molecule has 148 valence electrons. The Balaban J connectivity index is 1.26. The van der Waals surface area contributed by atoms with Crippen LogP contribution in [0.2, 0.25) is 0 Å². The molecule has 0 bridgehead atoms. The smallest absolute Gasteiger partial charge is 0.274 e. The molecule has 5 rings (SSSR count).